The van der Waals surface area contributed by atoms with Crippen molar-refractivity contribution < 1.29 is 21.6 Å². The van der Waals surface area contributed by atoms with E-state index >= 15 is 0 Å². The van der Waals surface area contributed by atoms with Gasteiger partial charge in [0.2, 0.25) is 20.0 Å². The average molecular weight is 412 g/mol. The number of primary sulfonamides is 1. The monoisotopic (exact) mass is 411 g/mol. The zero-order valence-corrected chi connectivity index (χ0v) is 16.5. The summed E-state index contributed by atoms with van der Waals surface area (Å²) in [6.07, 6.45) is 0.633. The Morgan fingerprint density at radius 3 is 2.22 bits per heavy atom. The van der Waals surface area contributed by atoms with Crippen molar-refractivity contribution in [2.75, 3.05) is 5.32 Å². The van der Waals surface area contributed by atoms with Gasteiger partial charge < -0.3 is 5.32 Å². The van der Waals surface area contributed by atoms with Gasteiger partial charge in [0.25, 0.3) is 5.91 Å². The van der Waals surface area contributed by atoms with Crippen molar-refractivity contribution in [3.05, 3.63) is 54.1 Å². The van der Waals surface area contributed by atoms with Gasteiger partial charge in [0, 0.05) is 17.3 Å². The van der Waals surface area contributed by atoms with Gasteiger partial charge >= 0.3 is 0 Å². The van der Waals surface area contributed by atoms with Crippen molar-refractivity contribution in [3.63, 3.8) is 0 Å². The molecule has 4 N–H and O–H groups in total. The van der Waals surface area contributed by atoms with Crippen LogP contribution in [0.1, 0.15) is 30.6 Å². The molecular weight excluding hydrogens is 390 g/mol. The Kier molecular flexibility index (Phi) is 6.37. The SMILES string of the molecule is CC[C@H](C)NS(=O)(=O)c1cccc(C(=O)Nc2ccc(S(N)(=O)=O)cc2)c1. The third-order valence-corrected chi connectivity index (χ3v) is 6.33. The number of sulfonamides is 2. The molecule has 0 bridgehead atoms. The van der Waals surface area contributed by atoms with E-state index in [4.69, 9.17) is 5.14 Å². The second-order valence-corrected chi connectivity index (χ2v) is 9.26. The highest BCUT2D eigenvalue weighted by Crippen LogP contribution is 2.16. The fourth-order valence-electron chi connectivity index (χ4n) is 2.15. The summed E-state index contributed by atoms with van der Waals surface area (Å²) in [7, 11) is -7.55. The minimum atomic E-state index is -3.82. The van der Waals surface area contributed by atoms with E-state index in [1.165, 1.54) is 48.5 Å². The van der Waals surface area contributed by atoms with Gasteiger partial charge in [-0.2, -0.15) is 0 Å². The third-order valence-electron chi connectivity index (χ3n) is 3.82. The number of rotatable bonds is 7. The van der Waals surface area contributed by atoms with Gasteiger partial charge in [-0.15, -0.1) is 0 Å². The smallest absolute Gasteiger partial charge is 0.255 e. The summed E-state index contributed by atoms with van der Waals surface area (Å²) >= 11 is 0. The van der Waals surface area contributed by atoms with Crippen LogP contribution in [0.25, 0.3) is 0 Å². The number of nitrogens with one attached hydrogen (secondary N) is 2. The van der Waals surface area contributed by atoms with Gasteiger partial charge in [-0.25, -0.2) is 26.7 Å². The molecule has 2 aromatic rings. The maximum atomic E-state index is 12.4. The lowest BCUT2D eigenvalue weighted by molar-refractivity contribution is 0.102. The van der Waals surface area contributed by atoms with Crippen molar-refractivity contribution in [1.82, 2.24) is 4.72 Å². The molecule has 0 saturated carbocycles. The van der Waals surface area contributed by atoms with E-state index < -0.39 is 26.0 Å². The molecule has 0 unspecified atom stereocenters. The summed E-state index contributed by atoms with van der Waals surface area (Å²) in [5.41, 5.74) is 0.496. The van der Waals surface area contributed by atoms with Crippen LogP contribution in [-0.2, 0) is 20.0 Å². The van der Waals surface area contributed by atoms with E-state index in [9.17, 15) is 21.6 Å². The van der Waals surface area contributed by atoms with Crippen molar-refractivity contribution in [2.45, 2.75) is 36.1 Å². The van der Waals surface area contributed by atoms with E-state index in [-0.39, 0.29) is 21.4 Å². The van der Waals surface area contributed by atoms with Gasteiger partial charge in [0.05, 0.1) is 9.79 Å². The molecule has 0 aliphatic heterocycles. The van der Waals surface area contributed by atoms with Crippen LogP contribution >= 0.6 is 0 Å². The molecule has 27 heavy (non-hydrogen) atoms. The molecule has 146 valence electrons. The minimum absolute atomic E-state index is 0.0139. The first-order valence-electron chi connectivity index (χ1n) is 8.09. The van der Waals surface area contributed by atoms with Crippen LogP contribution in [0.15, 0.2) is 58.3 Å². The fourth-order valence-corrected chi connectivity index (χ4v) is 4.04. The minimum Gasteiger partial charge on any atom is -0.322 e. The van der Waals surface area contributed by atoms with Gasteiger partial charge in [0.1, 0.15) is 0 Å². The molecule has 1 atom stereocenters. The van der Waals surface area contributed by atoms with Crippen LogP contribution in [-0.4, -0.2) is 28.8 Å². The van der Waals surface area contributed by atoms with E-state index in [1.807, 2.05) is 6.92 Å². The largest absolute Gasteiger partial charge is 0.322 e. The molecular formula is C17H21N3O5S2. The van der Waals surface area contributed by atoms with Crippen molar-refractivity contribution >= 4 is 31.6 Å². The molecule has 8 nitrogen and oxygen atoms in total. The lowest BCUT2D eigenvalue weighted by Gasteiger charge is -2.13. The number of anilines is 1. The van der Waals surface area contributed by atoms with Crippen LogP contribution in [0.3, 0.4) is 0 Å². The highest BCUT2D eigenvalue weighted by Gasteiger charge is 2.18. The lowest BCUT2D eigenvalue weighted by Crippen LogP contribution is -2.32. The Bertz CT molecular complexity index is 1030. The first-order chi connectivity index (χ1) is 12.5. The molecule has 0 aliphatic carbocycles. The number of nitrogens with two attached hydrogens (primary N) is 1. The van der Waals surface area contributed by atoms with E-state index in [1.54, 1.807) is 6.92 Å². The summed E-state index contributed by atoms with van der Waals surface area (Å²) < 4.78 is 49.7. The molecule has 0 fully saturated rings. The molecule has 0 spiro atoms. The van der Waals surface area contributed by atoms with Crippen molar-refractivity contribution in [1.29, 1.82) is 0 Å². The summed E-state index contributed by atoms with van der Waals surface area (Å²) in [4.78, 5) is 12.3. The number of carbonyl (C=O) groups is 1. The average Bonchev–Trinajstić information content (AvgIpc) is 2.61. The molecule has 2 rings (SSSR count). The van der Waals surface area contributed by atoms with Gasteiger partial charge in [-0.1, -0.05) is 13.0 Å². The van der Waals surface area contributed by atoms with Crippen LogP contribution in [0.4, 0.5) is 5.69 Å². The normalized spacial score (nSPS) is 13.1. The maximum Gasteiger partial charge on any atom is 0.255 e. The number of carbonyl (C=O) groups excluding carboxylic acids is 1. The zero-order chi connectivity index (χ0) is 20.2. The molecule has 0 heterocycles. The molecule has 0 saturated heterocycles. The Hall–Kier alpha value is -2.27. The topological polar surface area (TPSA) is 135 Å². The second kappa shape index (κ2) is 8.17. The molecule has 1 amide bonds. The summed E-state index contributed by atoms with van der Waals surface area (Å²) in [5.74, 6) is -0.529. The Morgan fingerprint density at radius 2 is 1.67 bits per heavy atom. The molecule has 0 aromatic heterocycles. The Balaban J connectivity index is 2.20. The lowest BCUT2D eigenvalue weighted by atomic mass is 10.2. The Labute approximate surface area is 158 Å². The third kappa shape index (κ3) is 5.60. The van der Waals surface area contributed by atoms with Crippen molar-refractivity contribution in [2.24, 2.45) is 5.14 Å². The highest BCUT2D eigenvalue weighted by molar-refractivity contribution is 7.89. The standard InChI is InChI=1S/C17H21N3O5S2/c1-3-12(2)20-27(24,25)16-6-4-5-13(11-16)17(21)19-14-7-9-15(10-8-14)26(18,22)23/h4-12,20H,3H2,1-2H3,(H,19,21)(H2,18,22,23)/t12-/m0/s1. The van der Waals surface area contributed by atoms with E-state index in [0.29, 0.717) is 12.1 Å². The molecule has 0 aliphatic rings. The maximum absolute atomic E-state index is 12.4. The van der Waals surface area contributed by atoms with Gasteiger partial charge in [-0.3, -0.25) is 4.79 Å². The van der Waals surface area contributed by atoms with Crippen molar-refractivity contribution in [3.8, 4) is 0 Å². The van der Waals surface area contributed by atoms with Crippen LogP contribution in [0, 0.1) is 0 Å². The summed E-state index contributed by atoms with van der Waals surface area (Å²) in [5, 5.41) is 7.60. The highest BCUT2D eigenvalue weighted by atomic mass is 32.2. The number of hydrogen-bond acceptors (Lipinski definition) is 5. The van der Waals surface area contributed by atoms with Gasteiger partial charge in [-0.05, 0) is 55.8 Å². The predicted molar refractivity (Wildman–Crippen MR) is 102 cm³/mol. The van der Waals surface area contributed by atoms with Crippen LogP contribution < -0.4 is 15.2 Å². The fraction of sp³-hybridized carbons (Fsp3) is 0.235. The zero-order valence-electron chi connectivity index (χ0n) is 14.8. The quantitative estimate of drug-likeness (QED) is 0.637. The van der Waals surface area contributed by atoms with E-state index in [2.05, 4.69) is 10.0 Å². The predicted octanol–water partition coefficient (Wildman–Crippen LogP) is 1.66. The molecule has 0 radical (unpaired) electrons. The number of benzene rings is 2. The molecule has 10 heteroatoms. The summed E-state index contributed by atoms with van der Waals surface area (Å²) in [6, 6.07) is 10.7. The van der Waals surface area contributed by atoms with Gasteiger partial charge in [0.15, 0.2) is 0 Å². The first-order valence-corrected chi connectivity index (χ1v) is 11.1. The molecule has 2 aromatic carbocycles. The first kappa shape index (κ1) is 21.0. The summed E-state index contributed by atoms with van der Waals surface area (Å²) in [6.45, 7) is 3.61. The number of amides is 1. The van der Waals surface area contributed by atoms with Crippen LogP contribution in [0.2, 0.25) is 0 Å². The van der Waals surface area contributed by atoms with Crippen LogP contribution in [0.5, 0.6) is 0 Å². The Morgan fingerprint density at radius 1 is 1.04 bits per heavy atom. The van der Waals surface area contributed by atoms with E-state index in [0.717, 1.165) is 0 Å². The second-order valence-electron chi connectivity index (χ2n) is 5.98. The number of hydrogen-bond donors (Lipinski definition) is 3.